The summed E-state index contributed by atoms with van der Waals surface area (Å²) >= 11 is 0. The summed E-state index contributed by atoms with van der Waals surface area (Å²) < 4.78 is 4.87. The Morgan fingerprint density at radius 3 is 1.68 bits per heavy atom. The molecule has 0 spiro atoms. The molecule has 0 radical (unpaired) electrons. The summed E-state index contributed by atoms with van der Waals surface area (Å²) in [6.45, 7) is 4.16. The smallest absolute Gasteiger partial charge is 0.302 e. The molecule has 0 rings (SSSR count). The highest BCUT2D eigenvalue weighted by molar-refractivity contribution is 5.65. The molecule has 0 unspecified atom stereocenters. The Bertz CT molecular complexity index is 292. The van der Waals surface area contributed by atoms with Crippen molar-refractivity contribution in [3.63, 3.8) is 0 Å². The lowest BCUT2D eigenvalue weighted by Gasteiger charge is -2.01. The van der Waals surface area contributed by atoms with Crippen LogP contribution in [0.4, 0.5) is 0 Å². The van der Waals surface area contributed by atoms with Crippen LogP contribution in [0.25, 0.3) is 0 Å². The average Bonchev–Trinajstić information content (AvgIpc) is 2.50. The van der Waals surface area contributed by atoms with Gasteiger partial charge in [0.1, 0.15) is 0 Å². The third-order valence-corrected chi connectivity index (χ3v) is 3.65. The van der Waals surface area contributed by atoms with E-state index in [9.17, 15) is 4.79 Å². The van der Waals surface area contributed by atoms with E-state index >= 15 is 0 Å². The van der Waals surface area contributed by atoms with Gasteiger partial charge in [0.25, 0.3) is 0 Å². The van der Waals surface area contributed by atoms with E-state index < -0.39 is 0 Å². The van der Waals surface area contributed by atoms with Crippen LogP contribution in [0, 0.1) is 0 Å². The number of hydrogen-bond donors (Lipinski definition) is 0. The van der Waals surface area contributed by atoms with Crippen molar-refractivity contribution in [1.82, 2.24) is 0 Å². The van der Waals surface area contributed by atoms with Crippen molar-refractivity contribution in [1.29, 1.82) is 0 Å². The summed E-state index contributed by atoms with van der Waals surface area (Å²) in [5.41, 5.74) is 0. The highest BCUT2D eigenvalue weighted by atomic mass is 16.5. The molecule has 0 amide bonds. The van der Waals surface area contributed by atoms with Crippen LogP contribution in [0.3, 0.4) is 0 Å². The summed E-state index contributed by atoms with van der Waals surface area (Å²) in [6, 6.07) is 0. The van der Waals surface area contributed by atoms with Gasteiger partial charge < -0.3 is 4.74 Å². The molecule has 128 valence electrons. The van der Waals surface area contributed by atoms with Gasteiger partial charge in [0.2, 0.25) is 0 Å². The first-order chi connectivity index (χ1) is 10.8. The minimum absolute atomic E-state index is 0.189. The van der Waals surface area contributed by atoms with E-state index in [-0.39, 0.29) is 5.97 Å². The molecule has 2 nitrogen and oxygen atoms in total. The zero-order valence-electron chi connectivity index (χ0n) is 14.8. The maximum atomic E-state index is 10.6. The van der Waals surface area contributed by atoms with E-state index in [0.29, 0.717) is 6.61 Å². The number of rotatable bonds is 15. The van der Waals surface area contributed by atoms with Crippen molar-refractivity contribution in [2.24, 2.45) is 0 Å². The van der Waals surface area contributed by atoms with Gasteiger partial charge in [-0.3, -0.25) is 4.79 Å². The minimum atomic E-state index is -0.189. The number of ether oxygens (including phenoxy) is 1. The van der Waals surface area contributed by atoms with E-state index in [0.717, 1.165) is 12.8 Å². The van der Waals surface area contributed by atoms with Gasteiger partial charge >= 0.3 is 5.97 Å². The number of esters is 1. The Balaban J connectivity index is 3.09. The first-order valence-electron chi connectivity index (χ1n) is 9.20. The molecule has 0 bridgehead atoms. The highest BCUT2D eigenvalue weighted by Crippen LogP contribution is 2.11. The Labute approximate surface area is 138 Å². The van der Waals surface area contributed by atoms with Gasteiger partial charge in [-0.05, 0) is 38.5 Å². The minimum Gasteiger partial charge on any atom is -0.466 e. The molecular weight excluding hydrogens is 272 g/mol. The molecule has 22 heavy (non-hydrogen) atoms. The van der Waals surface area contributed by atoms with Crippen molar-refractivity contribution in [3.05, 3.63) is 24.3 Å². The third kappa shape index (κ3) is 18.9. The molecule has 0 aromatic carbocycles. The highest BCUT2D eigenvalue weighted by Gasteiger charge is 1.92. The van der Waals surface area contributed by atoms with Crippen LogP contribution in [-0.4, -0.2) is 12.6 Å². The lowest BCUT2D eigenvalue weighted by Crippen LogP contribution is -1.98. The summed E-state index contributed by atoms with van der Waals surface area (Å²) in [5, 5.41) is 0. The number of unbranched alkanes of at least 4 members (excludes halogenated alkanes) is 9. The topological polar surface area (TPSA) is 26.3 Å². The normalized spacial score (nSPS) is 11.5. The van der Waals surface area contributed by atoms with E-state index in [2.05, 4.69) is 31.2 Å². The van der Waals surface area contributed by atoms with Crippen molar-refractivity contribution < 1.29 is 9.53 Å². The first-order valence-corrected chi connectivity index (χ1v) is 9.20. The van der Waals surface area contributed by atoms with Crippen LogP contribution < -0.4 is 0 Å². The maximum Gasteiger partial charge on any atom is 0.302 e. The zero-order valence-corrected chi connectivity index (χ0v) is 14.8. The van der Waals surface area contributed by atoms with Crippen LogP contribution in [0.1, 0.15) is 90.9 Å². The molecule has 0 aliphatic heterocycles. The van der Waals surface area contributed by atoms with Gasteiger partial charge in [-0.2, -0.15) is 0 Å². The van der Waals surface area contributed by atoms with Crippen molar-refractivity contribution >= 4 is 5.97 Å². The SMILES string of the molecule is CC/C=C\CCCCCCCCCC/C=C\CCOC(C)=O. The molecule has 0 N–H and O–H groups in total. The fourth-order valence-electron chi connectivity index (χ4n) is 2.38. The predicted octanol–water partition coefficient (Wildman–Crippen LogP) is 6.36. The Morgan fingerprint density at radius 1 is 0.727 bits per heavy atom. The number of carbonyl (C=O) groups is 1. The van der Waals surface area contributed by atoms with Crippen LogP contribution in [0.2, 0.25) is 0 Å². The van der Waals surface area contributed by atoms with Crippen LogP contribution >= 0.6 is 0 Å². The van der Waals surface area contributed by atoms with E-state index in [1.54, 1.807) is 0 Å². The van der Waals surface area contributed by atoms with Gasteiger partial charge in [0, 0.05) is 6.92 Å². The summed E-state index contributed by atoms with van der Waals surface area (Å²) in [5.74, 6) is -0.189. The third-order valence-electron chi connectivity index (χ3n) is 3.65. The molecule has 0 heterocycles. The Kier molecular flexibility index (Phi) is 17.1. The predicted molar refractivity (Wildman–Crippen MR) is 96.0 cm³/mol. The summed E-state index contributed by atoms with van der Waals surface area (Å²) in [4.78, 5) is 10.6. The van der Waals surface area contributed by atoms with Crippen LogP contribution in [0.15, 0.2) is 24.3 Å². The molecule has 0 aliphatic carbocycles. The molecule has 0 aromatic heterocycles. The molecule has 0 saturated heterocycles. The number of allylic oxidation sites excluding steroid dienone is 3. The zero-order chi connectivity index (χ0) is 16.3. The average molecular weight is 309 g/mol. The van der Waals surface area contributed by atoms with Crippen molar-refractivity contribution in [3.8, 4) is 0 Å². The summed E-state index contributed by atoms with van der Waals surface area (Å²) in [7, 11) is 0. The van der Waals surface area contributed by atoms with Gasteiger partial charge in [-0.15, -0.1) is 0 Å². The van der Waals surface area contributed by atoms with Gasteiger partial charge in [-0.25, -0.2) is 0 Å². The fourth-order valence-corrected chi connectivity index (χ4v) is 2.38. The molecule has 0 saturated carbocycles. The molecule has 2 heteroatoms. The van der Waals surface area contributed by atoms with Gasteiger partial charge in [0.05, 0.1) is 6.61 Å². The molecular formula is C20H36O2. The molecule has 0 atom stereocenters. The van der Waals surface area contributed by atoms with Crippen LogP contribution in [-0.2, 0) is 9.53 Å². The number of hydrogen-bond acceptors (Lipinski definition) is 2. The summed E-state index contributed by atoms with van der Waals surface area (Å²) in [6.07, 6.45) is 24.3. The Morgan fingerprint density at radius 2 is 1.18 bits per heavy atom. The molecule has 0 aliphatic rings. The van der Waals surface area contributed by atoms with Crippen molar-refractivity contribution in [2.75, 3.05) is 6.61 Å². The quantitative estimate of drug-likeness (QED) is 0.200. The largest absolute Gasteiger partial charge is 0.466 e. The second kappa shape index (κ2) is 18.0. The second-order valence-corrected chi connectivity index (χ2v) is 5.89. The maximum absolute atomic E-state index is 10.6. The van der Waals surface area contributed by atoms with Gasteiger partial charge in [0.15, 0.2) is 0 Å². The molecule has 0 fully saturated rings. The van der Waals surface area contributed by atoms with E-state index in [1.807, 2.05) is 0 Å². The van der Waals surface area contributed by atoms with E-state index in [4.69, 9.17) is 4.74 Å². The standard InChI is InChI=1S/C20H36O2/c1-3-4-5-6-7-8-9-10-11-12-13-14-15-16-17-18-19-22-20(2)21/h4-5,16-17H,3,6-15,18-19H2,1-2H3/b5-4-,17-16-. The number of carbonyl (C=O) groups excluding carboxylic acids is 1. The molecule has 0 aromatic rings. The monoisotopic (exact) mass is 308 g/mol. The first kappa shape index (κ1) is 20.9. The van der Waals surface area contributed by atoms with E-state index in [1.165, 1.54) is 71.1 Å². The van der Waals surface area contributed by atoms with Crippen LogP contribution in [0.5, 0.6) is 0 Å². The second-order valence-electron chi connectivity index (χ2n) is 5.89. The Hall–Kier alpha value is -1.05. The van der Waals surface area contributed by atoms with Gasteiger partial charge in [-0.1, -0.05) is 69.8 Å². The fraction of sp³-hybridized carbons (Fsp3) is 0.750. The lowest BCUT2D eigenvalue weighted by atomic mass is 10.1. The van der Waals surface area contributed by atoms with Crippen molar-refractivity contribution in [2.45, 2.75) is 90.9 Å². The lowest BCUT2D eigenvalue weighted by molar-refractivity contribution is -0.140.